The van der Waals surface area contributed by atoms with E-state index in [9.17, 15) is 4.79 Å². The molecule has 1 N–H and O–H groups in total. The molecule has 0 bridgehead atoms. The number of hydrogen-bond donors (Lipinski definition) is 1. The molecule has 0 heterocycles. The van der Waals surface area contributed by atoms with Gasteiger partial charge in [-0.05, 0) is 12.1 Å². The Labute approximate surface area is 115 Å². The zero-order chi connectivity index (χ0) is 13.4. The van der Waals surface area contributed by atoms with Gasteiger partial charge in [0.15, 0.2) is 0 Å². The second kappa shape index (κ2) is 8.07. The molecule has 0 atom stereocenters. The lowest BCUT2D eigenvalue weighted by atomic mass is 10.3. The molecule has 0 saturated carbocycles. The predicted molar refractivity (Wildman–Crippen MR) is 72.0 cm³/mol. The normalized spacial score (nSPS) is 10.2. The lowest BCUT2D eigenvalue weighted by Gasteiger charge is -2.08. The van der Waals surface area contributed by atoms with Crippen LogP contribution in [-0.4, -0.2) is 39.9 Å². The van der Waals surface area contributed by atoms with E-state index in [2.05, 4.69) is 21.2 Å². The van der Waals surface area contributed by atoms with Crippen molar-refractivity contribution in [2.24, 2.45) is 0 Å². The fourth-order valence-electron chi connectivity index (χ4n) is 1.26. The van der Waals surface area contributed by atoms with E-state index in [1.807, 2.05) is 6.07 Å². The van der Waals surface area contributed by atoms with Gasteiger partial charge in [0.2, 0.25) is 5.91 Å². The first-order valence-electron chi connectivity index (χ1n) is 5.37. The van der Waals surface area contributed by atoms with E-state index in [1.165, 1.54) is 0 Å². The standard InChI is InChI=1S/C12H16BrNO4/c1-16-3-4-18-8-12(15)14-10-5-9(13)6-11(7-10)17-2/h5-7H,3-4,8H2,1-2H3,(H,14,15). The molecule has 0 radical (unpaired) electrons. The van der Waals surface area contributed by atoms with Crippen molar-refractivity contribution in [1.29, 1.82) is 0 Å². The number of rotatable bonds is 7. The molecule has 0 aliphatic heterocycles. The highest BCUT2D eigenvalue weighted by Gasteiger charge is 2.05. The SMILES string of the molecule is COCCOCC(=O)Nc1cc(Br)cc(OC)c1. The minimum Gasteiger partial charge on any atom is -0.497 e. The molecule has 0 saturated heterocycles. The Kier molecular flexibility index (Phi) is 6.70. The molecule has 1 aromatic rings. The largest absolute Gasteiger partial charge is 0.497 e. The van der Waals surface area contributed by atoms with Crippen LogP contribution in [0.15, 0.2) is 22.7 Å². The van der Waals surface area contributed by atoms with E-state index in [4.69, 9.17) is 14.2 Å². The number of halogens is 1. The number of carbonyl (C=O) groups excluding carboxylic acids is 1. The summed E-state index contributed by atoms with van der Waals surface area (Å²) in [6.07, 6.45) is 0. The van der Waals surface area contributed by atoms with Crippen LogP contribution in [-0.2, 0) is 14.3 Å². The van der Waals surface area contributed by atoms with Crippen molar-refractivity contribution in [3.63, 3.8) is 0 Å². The van der Waals surface area contributed by atoms with Crippen LogP contribution in [0.3, 0.4) is 0 Å². The number of amides is 1. The number of benzene rings is 1. The fourth-order valence-corrected chi connectivity index (χ4v) is 1.73. The van der Waals surface area contributed by atoms with Crippen LogP contribution in [0.4, 0.5) is 5.69 Å². The summed E-state index contributed by atoms with van der Waals surface area (Å²) in [7, 11) is 3.15. The molecule has 0 aromatic heterocycles. The molecular formula is C12H16BrNO4. The maximum absolute atomic E-state index is 11.6. The molecule has 0 aliphatic carbocycles. The minimum atomic E-state index is -0.216. The summed E-state index contributed by atoms with van der Waals surface area (Å²) < 4.78 is 15.9. The molecular weight excluding hydrogens is 302 g/mol. The van der Waals surface area contributed by atoms with Gasteiger partial charge in [-0.25, -0.2) is 0 Å². The highest BCUT2D eigenvalue weighted by atomic mass is 79.9. The summed E-state index contributed by atoms with van der Waals surface area (Å²) >= 11 is 3.34. The number of nitrogens with one attached hydrogen (secondary N) is 1. The zero-order valence-electron chi connectivity index (χ0n) is 10.4. The fraction of sp³-hybridized carbons (Fsp3) is 0.417. The van der Waals surface area contributed by atoms with Gasteiger partial charge in [0.25, 0.3) is 0 Å². The van der Waals surface area contributed by atoms with Gasteiger partial charge in [-0.15, -0.1) is 0 Å². The molecule has 1 aromatic carbocycles. The van der Waals surface area contributed by atoms with Crippen molar-refractivity contribution < 1.29 is 19.0 Å². The van der Waals surface area contributed by atoms with Gasteiger partial charge >= 0.3 is 0 Å². The van der Waals surface area contributed by atoms with Crippen molar-refractivity contribution in [1.82, 2.24) is 0 Å². The third-order valence-electron chi connectivity index (χ3n) is 2.06. The van der Waals surface area contributed by atoms with Crippen LogP contribution < -0.4 is 10.1 Å². The van der Waals surface area contributed by atoms with Crippen molar-refractivity contribution in [2.45, 2.75) is 0 Å². The Morgan fingerprint density at radius 2 is 2.06 bits per heavy atom. The van der Waals surface area contributed by atoms with Crippen molar-refractivity contribution in [3.8, 4) is 5.75 Å². The maximum Gasteiger partial charge on any atom is 0.250 e. The first-order chi connectivity index (χ1) is 8.65. The number of hydrogen-bond acceptors (Lipinski definition) is 4. The smallest absolute Gasteiger partial charge is 0.250 e. The Balaban J connectivity index is 2.46. The molecule has 100 valence electrons. The third kappa shape index (κ3) is 5.48. The molecule has 18 heavy (non-hydrogen) atoms. The van der Waals surface area contributed by atoms with Gasteiger partial charge < -0.3 is 19.5 Å². The first-order valence-corrected chi connectivity index (χ1v) is 6.16. The molecule has 1 rings (SSSR count). The maximum atomic E-state index is 11.6. The lowest BCUT2D eigenvalue weighted by Crippen LogP contribution is -2.19. The van der Waals surface area contributed by atoms with Gasteiger partial charge in [0.05, 0.1) is 20.3 Å². The van der Waals surface area contributed by atoms with E-state index >= 15 is 0 Å². The lowest BCUT2D eigenvalue weighted by molar-refractivity contribution is -0.121. The molecule has 0 spiro atoms. The van der Waals surface area contributed by atoms with Crippen LogP contribution in [0.1, 0.15) is 0 Å². The van der Waals surface area contributed by atoms with Gasteiger partial charge in [-0.2, -0.15) is 0 Å². The summed E-state index contributed by atoms with van der Waals surface area (Å²) in [5, 5.41) is 2.72. The van der Waals surface area contributed by atoms with Crippen LogP contribution in [0, 0.1) is 0 Å². The van der Waals surface area contributed by atoms with Gasteiger partial charge in [0, 0.05) is 23.3 Å². The second-order valence-corrected chi connectivity index (χ2v) is 4.39. The Morgan fingerprint density at radius 1 is 1.28 bits per heavy atom. The Hall–Kier alpha value is -1.11. The van der Waals surface area contributed by atoms with Crippen LogP contribution >= 0.6 is 15.9 Å². The molecule has 1 amide bonds. The van der Waals surface area contributed by atoms with Crippen molar-refractivity contribution in [3.05, 3.63) is 22.7 Å². The Bertz CT molecular complexity index is 398. The van der Waals surface area contributed by atoms with Crippen LogP contribution in [0.25, 0.3) is 0 Å². The molecule has 5 nitrogen and oxygen atoms in total. The minimum absolute atomic E-state index is 0.00180. The number of methoxy groups -OCH3 is 2. The average molecular weight is 318 g/mol. The average Bonchev–Trinajstić information content (AvgIpc) is 2.34. The molecule has 0 fully saturated rings. The van der Waals surface area contributed by atoms with E-state index in [0.717, 1.165) is 4.47 Å². The van der Waals surface area contributed by atoms with E-state index in [1.54, 1.807) is 26.4 Å². The summed E-state index contributed by atoms with van der Waals surface area (Å²) in [5.41, 5.74) is 0.654. The van der Waals surface area contributed by atoms with Crippen molar-refractivity contribution in [2.75, 3.05) is 39.4 Å². The first kappa shape index (κ1) is 14.9. The van der Waals surface area contributed by atoms with Crippen LogP contribution in [0.2, 0.25) is 0 Å². The topological polar surface area (TPSA) is 56.8 Å². The predicted octanol–water partition coefficient (Wildman–Crippen LogP) is 2.06. The number of ether oxygens (including phenoxy) is 3. The summed E-state index contributed by atoms with van der Waals surface area (Å²) in [5.74, 6) is 0.450. The van der Waals surface area contributed by atoms with Gasteiger partial charge in [-0.3, -0.25) is 4.79 Å². The monoisotopic (exact) mass is 317 g/mol. The second-order valence-electron chi connectivity index (χ2n) is 3.47. The Morgan fingerprint density at radius 3 is 2.72 bits per heavy atom. The van der Waals surface area contributed by atoms with Gasteiger partial charge in [-0.1, -0.05) is 15.9 Å². The molecule has 6 heteroatoms. The van der Waals surface area contributed by atoms with Crippen molar-refractivity contribution >= 4 is 27.5 Å². The molecule has 0 aliphatic rings. The quantitative estimate of drug-likeness (QED) is 0.782. The summed E-state index contributed by atoms with van der Waals surface area (Å²) in [6.45, 7) is 0.863. The summed E-state index contributed by atoms with van der Waals surface area (Å²) in [4.78, 5) is 11.6. The van der Waals surface area contributed by atoms with E-state index in [-0.39, 0.29) is 12.5 Å². The van der Waals surface area contributed by atoms with Crippen LogP contribution in [0.5, 0.6) is 5.75 Å². The zero-order valence-corrected chi connectivity index (χ0v) is 12.0. The molecule has 0 unspecified atom stereocenters. The number of anilines is 1. The third-order valence-corrected chi connectivity index (χ3v) is 2.51. The van der Waals surface area contributed by atoms with E-state index < -0.39 is 0 Å². The highest BCUT2D eigenvalue weighted by molar-refractivity contribution is 9.10. The van der Waals surface area contributed by atoms with Gasteiger partial charge in [0.1, 0.15) is 12.4 Å². The number of carbonyl (C=O) groups is 1. The highest BCUT2D eigenvalue weighted by Crippen LogP contribution is 2.24. The van der Waals surface area contributed by atoms with E-state index in [0.29, 0.717) is 24.7 Å². The summed E-state index contributed by atoms with van der Waals surface area (Å²) in [6, 6.07) is 5.33.